The Morgan fingerprint density at radius 1 is 1.11 bits per heavy atom. The highest BCUT2D eigenvalue weighted by Crippen LogP contribution is 2.25. The van der Waals surface area contributed by atoms with E-state index in [1.54, 1.807) is 11.8 Å². The summed E-state index contributed by atoms with van der Waals surface area (Å²) in [4.78, 5) is 4.62. The molecule has 1 aromatic carbocycles. The molecule has 7 heteroatoms. The summed E-state index contributed by atoms with van der Waals surface area (Å²) in [5.41, 5.74) is 3.17. The molecule has 4 rings (SSSR count). The van der Waals surface area contributed by atoms with E-state index in [0.717, 1.165) is 33.8 Å². The number of rotatable bonds is 6. The lowest BCUT2D eigenvalue weighted by atomic mass is 10.2. The van der Waals surface area contributed by atoms with E-state index in [2.05, 4.69) is 22.1 Å². The maximum absolute atomic E-state index is 6.00. The van der Waals surface area contributed by atoms with E-state index in [9.17, 15) is 0 Å². The lowest BCUT2D eigenvalue weighted by Gasteiger charge is -2.14. The van der Waals surface area contributed by atoms with Gasteiger partial charge in [0, 0.05) is 25.2 Å². The first kappa shape index (κ1) is 17.6. The molecular formula is C20H21N5OS. The van der Waals surface area contributed by atoms with E-state index in [-0.39, 0.29) is 6.10 Å². The fourth-order valence-electron chi connectivity index (χ4n) is 2.87. The van der Waals surface area contributed by atoms with E-state index in [0.29, 0.717) is 0 Å². The van der Waals surface area contributed by atoms with Crippen molar-refractivity contribution in [1.82, 2.24) is 24.1 Å². The van der Waals surface area contributed by atoms with Crippen molar-refractivity contribution in [2.75, 3.05) is 0 Å². The molecule has 0 radical (unpaired) electrons. The Bertz CT molecular complexity index is 1020. The van der Waals surface area contributed by atoms with Crippen LogP contribution in [0.5, 0.6) is 5.75 Å². The number of nitrogens with zero attached hydrogens (tertiary/aromatic N) is 5. The van der Waals surface area contributed by atoms with Crippen LogP contribution in [-0.4, -0.2) is 24.1 Å². The van der Waals surface area contributed by atoms with Crippen LogP contribution in [0.3, 0.4) is 0 Å². The first-order valence-corrected chi connectivity index (χ1v) is 9.77. The van der Waals surface area contributed by atoms with Crippen LogP contribution in [-0.2, 0) is 12.8 Å². The van der Waals surface area contributed by atoms with Crippen molar-refractivity contribution >= 4 is 17.4 Å². The van der Waals surface area contributed by atoms with Crippen LogP contribution >= 0.6 is 11.8 Å². The van der Waals surface area contributed by atoms with Crippen LogP contribution in [0.15, 0.2) is 60.0 Å². The minimum atomic E-state index is -0.185. The quantitative estimate of drug-likeness (QED) is 0.470. The van der Waals surface area contributed by atoms with Crippen molar-refractivity contribution in [3.63, 3.8) is 0 Å². The van der Waals surface area contributed by atoms with Gasteiger partial charge in [-0.15, -0.1) is 10.2 Å². The van der Waals surface area contributed by atoms with E-state index in [1.165, 1.54) is 5.56 Å². The summed E-state index contributed by atoms with van der Waals surface area (Å²) in [6.45, 7) is 4.04. The van der Waals surface area contributed by atoms with Gasteiger partial charge in [0.25, 0.3) is 0 Å². The highest BCUT2D eigenvalue weighted by Gasteiger charge is 2.17. The smallest absolute Gasteiger partial charge is 0.191 e. The molecule has 1 unspecified atom stereocenters. The molecule has 3 aromatic heterocycles. The summed E-state index contributed by atoms with van der Waals surface area (Å²) in [5.74, 6) is 2.36. The number of thioether (sulfide) groups is 1. The molecule has 6 nitrogen and oxygen atoms in total. The maximum Gasteiger partial charge on any atom is 0.191 e. The van der Waals surface area contributed by atoms with Gasteiger partial charge in [-0.05, 0) is 38.1 Å². The zero-order valence-electron chi connectivity index (χ0n) is 15.5. The second-order valence-electron chi connectivity index (χ2n) is 6.46. The van der Waals surface area contributed by atoms with E-state index in [4.69, 9.17) is 4.74 Å². The first-order chi connectivity index (χ1) is 13.1. The Kier molecular flexibility index (Phi) is 4.85. The number of ether oxygens (including phenoxy) is 1. The molecule has 0 spiro atoms. The number of pyridine rings is 1. The second kappa shape index (κ2) is 7.44. The van der Waals surface area contributed by atoms with Crippen molar-refractivity contribution in [2.24, 2.45) is 7.05 Å². The lowest BCUT2D eigenvalue weighted by molar-refractivity contribution is 0.211. The van der Waals surface area contributed by atoms with Crippen LogP contribution in [0.25, 0.3) is 5.65 Å². The van der Waals surface area contributed by atoms with E-state index >= 15 is 0 Å². The third-order valence-corrected chi connectivity index (χ3v) is 5.38. The Hall–Kier alpha value is -2.80. The van der Waals surface area contributed by atoms with Crippen LogP contribution in [0.2, 0.25) is 0 Å². The average molecular weight is 379 g/mol. The Morgan fingerprint density at radius 2 is 1.93 bits per heavy atom. The van der Waals surface area contributed by atoms with Gasteiger partial charge in [-0.25, -0.2) is 4.98 Å². The number of benzene rings is 1. The van der Waals surface area contributed by atoms with Gasteiger partial charge in [0.05, 0.1) is 5.69 Å². The molecule has 0 bridgehead atoms. The first-order valence-electron chi connectivity index (χ1n) is 8.78. The molecule has 0 aliphatic rings. The van der Waals surface area contributed by atoms with Crippen molar-refractivity contribution in [1.29, 1.82) is 0 Å². The third kappa shape index (κ3) is 3.83. The van der Waals surface area contributed by atoms with Gasteiger partial charge in [-0.2, -0.15) is 0 Å². The number of aromatic nitrogens is 5. The second-order valence-corrected chi connectivity index (χ2v) is 7.40. The minimum Gasteiger partial charge on any atom is -0.483 e. The summed E-state index contributed by atoms with van der Waals surface area (Å²) in [6.07, 6.45) is 3.86. The number of aryl methyl sites for hydroxylation is 1. The highest BCUT2D eigenvalue weighted by molar-refractivity contribution is 7.98. The molecule has 138 valence electrons. The molecule has 0 amide bonds. The van der Waals surface area contributed by atoms with E-state index < -0.39 is 0 Å². The largest absolute Gasteiger partial charge is 0.483 e. The number of fused-ring (bicyclic) bond motifs is 1. The molecule has 3 heterocycles. The SMILES string of the molecule is Cc1ccc(OC(C)c2nnc(SCc3cn4ccccc4n3)n2C)cc1. The summed E-state index contributed by atoms with van der Waals surface area (Å²) in [6, 6.07) is 14.0. The zero-order chi connectivity index (χ0) is 18.8. The van der Waals surface area contributed by atoms with Gasteiger partial charge in [0.1, 0.15) is 11.4 Å². The standard InChI is InChI=1S/C20H21N5OS/c1-14-7-9-17(10-8-14)26-15(2)19-22-23-20(24(19)3)27-13-16-12-25-11-5-4-6-18(25)21-16/h4-12,15H,13H2,1-3H3. The summed E-state index contributed by atoms with van der Waals surface area (Å²) < 4.78 is 10.0. The number of imidazole rings is 1. The van der Waals surface area contributed by atoms with Gasteiger partial charge in [-0.1, -0.05) is 35.5 Å². The summed E-state index contributed by atoms with van der Waals surface area (Å²) in [5, 5.41) is 9.50. The maximum atomic E-state index is 6.00. The van der Waals surface area contributed by atoms with Crippen LogP contribution < -0.4 is 4.74 Å². The molecule has 0 saturated heterocycles. The Balaban J connectivity index is 1.44. The molecule has 27 heavy (non-hydrogen) atoms. The van der Waals surface area contributed by atoms with Crippen LogP contribution in [0, 0.1) is 6.92 Å². The minimum absolute atomic E-state index is 0.185. The topological polar surface area (TPSA) is 57.2 Å². The molecule has 0 aliphatic heterocycles. The molecular weight excluding hydrogens is 358 g/mol. The molecule has 0 saturated carbocycles. The van der Waals surface area contributed by atoms with Crippen LogP contribution in [0.4, 0.5) is 0 Å². The molecule has 0 aliphatic carbocycles. The predicted molar refractivity (Wildman–Crippen MR) is 106 cm³/mol. The van der Waals surface area contributed by atoms with Gasteiger partial charge < -0.3 is 13.7 Å². The molecule has 4 aromatic rings. The van der Waals surface area contributed by atoms with Gasteiger partial charge in [0.15, 0.2) is 17.1 Å². The lowest BCUT2D eigenvalue weighted by Crippen LogP contribution is -2.10. The fourth-order valence-corrected chi connectivity index (χ4v) is 3.68. The Labute approximate surface area is 162 Å². The average Bonchev–Trinajstić information content (AvgIpc) is 3.25. The van der Waals surface area contributed by atoms with Crippen LogP contribution in [0.1, 0.15) is 30.1 Å². The van der Waals surface area contributed by atoms with Crippen molar-refractivity contribution in [2.45, 2.75) is 30.9 Å². The fraction of sp³-hybridized carbons (Fsp3) is 0.250. The van der Waals surface area contributed by atoms with Crippen molar-refractivity contribution in [3.05, 3.63) is 71.9 Å². The molecule has 0 N–H and O–H groups in total. The van der Waals surface area contributed by atoms with Crippen molar-refractivity contribution < 1.29 is 4.74 Å². The zero-order valence-corrected chi connectivity index (χ0v) is 16.3. The third-order valence-electron chi connectivity index (χ3n) is 4.33. The van der Waals surface area contributed by atoms with Crippen molar-refractivity contribution in [3.8, 4) is 5.75 Å². The number of hydrogen-bond donors (Lipinski definition) is 0. The van der Waals surface area contributed by atoms with Gasteiger partial charge in [0.2, 0.25) is 0 Å². The van der Waals surface area contributed by atoms with Gasteiger partial charge >= 0.3 is 0 Å². The monoisotopic (exact) mass is 379 g/mol. The van der Waals surface area contributed by atoms with E-state index in [1.807, 2.05) is 77.8 Å². The Morgan fingerprint density at radius 3 is 2.70 bits per heavy atom. The molecule has 0 fully saturated rings. The summed E-state index contributed by atoms with van der Waals surface area (Å²) in [7, 11) is 1.97. The van der Waals surface area contributed by atoms with Gasteiger partial charge in [-0.3, -0.25) is 0 Å². The summed E-state index contributed by atoms with van der Waals surface area (Å²) >= 11 is 1.62. The number of hydrogen-bond acceptors (Lipinski definition) is 5. The highest BCUT2D eigenvalue weighted by atomic mass is 32.2. The normalized spacial score (nSPS) is 12.4. The predicted octanol–water partition coefficient (Wildman–Crippen LogP) is 4.20. The molecule has 1 atom stereocenters.